The zero-order valence-electron chi connectivity index (χ0n) is 18.3. The first-order chi connectivity index (χ1) is 17.0. The summed E-state index contributed by atoms with van der Waals surface area (Å²) < 4.78 is 72.2. The van der Waals surface area contributed by atoms with Crippen molar-refractivity contribution >= 4 is 23.5 Å². The number of hydrogen-bond acceptors (Lipinski definition) is 5. The van der Waals surface area contributed by atoms with Gasteiger partial charge in [0.1, 0.15) is 18.2 Å². The average molecular weight is 530 g/mol. The predicted molar refractivity (Wildman–Crippen MR) is 118 cm³/mol. The maximum absolute atomic E-state index is 14.8. The molecule has 0 saturated carbocycles. The summed E-state index contributed by atoms with van der Waals surface area (Å²) in [6.07, 6.45) is 0.217. The predicted octanol–water partition coefficient (Wildman–Crippen LogP) is 4.56. The Balaban J connectivity index is 1.70. The van der Waals surface area contributed by atoms with E-state index in [0.717, 1.165) is 36.8 Å². The summed E-state index contributed by atoms with van der Waals surface area (Å²) in [4.78, 5) is 31.4. The number of halogens is 6. The standard InChI is InChI=1S/C22H17ClF5N5O3/c1-10(31-22(35)33-32-21(34)12-2-14(24)8-29-6-12)19-16(25)3-11(7-30-19)15-4-13(23)5-17(26)20(15)36-9-18(27)28/h2-8,10,18H,9H2,1H3,(H,32,34)(H2,31,33,35)/t10-/m1/s1. The molecule has 0 bridgehead atoms. The minimum atomic E-state index is -2.88. The Kier molecular flexibility index (Phi) is 8.59. The molecular formula is C22H17ClF5N5O3. The fraction of sp³-hybridized carbons (Fsp3) is 0.182. The van der Waals surface area contributed by atoms with Gasteiger partial charge in [0.15, 0.2) is 11.6 Å². The van der Waals surface area contributed by atoms with Crippen molar-refractivity contribution in [1.29, 1.82) is 0 Å². The molecule has 0 saturated heterocycles. The second kappa shape index (κ2) is 11.6. The van der Waals surface area contributed by atoms with E-state index in [0.29, 0.717) is 0 Å². The van der Waals surface area contributed by atoms with Crippen LogP contribution in [0.5, 0.6) is 5.75 Å². The number of urea groups is 1. The first-order valence-corrected chi connectivity index (χ1v) is 10.5. The van der Waals surface area contributed by atoms with Gasteiger partial charge in [0.2, 0.25) is 0 Å². The van der Waals surface area contributed by atoms with Crippen molar-refractivity contribution in [3.63, 3.8) is 0 Å². The highest BCUT2D eigenvalue weighted by molar-refractivity contribution is 6.31. The summed E-state index contributed by atoms with van der Waals surface area (Å²) in [5, 5.41) is 2.25. The van der Waals surface area contributed by atoms with Crippen LogP contribution in [0.1, 0.15) is 29.0 Å². The van der Waals surface area contributed by atoms with Crippen molar-refractivity contribution < 1.29 is 36.3 Å². The van der Waals surface area contributed by atoms with Crippen molar-refractivity contribution in [2.24, 2.45) is 0 Å². The lowest BCUT2D eigenvalue weighted by Crippen LogP contribution is -2.47. The van der Waals surface area contributed by atoms with Gasteiger partial charge in [0.25, 0.3) is 12.3 Å². The molecular weight excluding hydrogens is 513 g/mol. The van der Waals surface area contributed by atoms with Gasteiger partial charge < -0.3 is 10.1 Å². The quantitative estimate of drug-likeness (QED) is 0.307. The van der Waals surface area contributed by atoms with Crippen LogP contribution in [0.25, 0.3) is 11.1 Å². The van der Waals surface area contributed by atoms with Gasteiger partial charge in [-0.1, -0.05) is 11.6 Å². The topological polar surface area (TPSA) is 105 Å². The van der Waals surface area contributed by atoms with Gasteiger partial charge in [0, 0.05) is 28.5 Å². The summed E-state index contributed by atoms with van der Waals surface area (Å²) in [5.41, 5.74) is 3.54. The highest BCUT2D eigenvalue weighted by Crippen LogP contribution is 2.36. The van der Waals surface area contributed by atoms with E-state index < -0.39 is 54.2 Å². The second-order valence-corrected chi connectivity index (χ2v) is 7.66. The number of aromatic nitrogens is 2. The van der Waals surface area contributed by atoms with Crippen LogP contribution in [0.2, 0.25) is 5.02 Å². The largest absolute Gasteiger partial charge is 0.484 e. The Labute approximate surface area is 205 Å². The summed E-state index contributed by atoms with van der Waals surface area (Å²) in [5.74, 6) is -4.10. The average Bonchev–Trinajstić information content (AvgIpc) is 2.81. The zero-order chi connectivity index (χ0) is 26.4. The summed E-state index contributed by atoms with van der Waals surface area (Å²) in [6.45, 7) is 0.293. The van der Waals surface area contributed by atoms with Crippen molar-refractivity contribution in [1.82, 2.24) is 26.1 Å². The molecule has 0 aliphatic heterocycles. The third-order valence-corrected chi connectivity index (χ3v) is 4.78. The lowest BCUT2D eigenvalue weighted by molar-refractivity contribution is 0.0802. The minimum absolute atomic E-state index is 0.0189. The molecule has 0 aliphatic carbocycles. The highest BCUT2D eigenvalue weighted by Gasteiger charge is 2.20. The van der Waals surface area contributed by atoms with Crippen LogP contribution < -0.4 is 20.9 Å². The number of hydrazine groups is 1. The smallest absolute Gasteiger partial charge is 0.334 e. The molecule has 14 heteroatoms. The van der Waals surface area contributed by atoms with Crippen molar-refractivity contribution in [2.75, 3.05) is 6.61 Å². The Morgan fingerprint density at radius 1 is 1.03 bits per heavy atom. The van der Waals surface area contributed by atoms with E-state index in [4.69, 9.17) is 16.3 Å². The Bertz CT molecular complexity index is 1280. The normalized spacial score (nSPS) is 11.7. The number of nitrogens with one attached hydrogen (secondary N) is 3. The monoisotopic (exact) mass is 529 g/mol. The molecule has 1 atom stereocenters. The number of carbonyl (C=O) groups is 2. The molecule has 3 aromatic rings. The zero-order valence-corrected chi connectivity index (χ0v) is 19.0. The van der Waals surface area contributed by atoms with Crippen LogP contribution >= 0.6 is 11.6 Å². The lowest BCUT2D eigenvalue weighted by atomic mass is 10.0. The first-order valence-electron chi connectivity index (χ1n) is 10.1. The maximum atomic E-state index is 14.8. The van der Waals surface area contributed by atoms with Crippen LogP contribution in [-0.2, 0) is 0 Å². The molecule has 0 aliphatic rings. The third-order valence-electron chi connectivity index (χ3n) is 4.56. The molecule has 1 aromatic carbocycles. The molecule has 0 radical (unpaired) electrons. The highest BCUT2D eigenvalue weighted by atomic mass is 35.5. The van der Waals surface area contributed by atoms with Crippen LogP contribution in [0.15, 0.2) is 42.9 Å². The van der Waals surface area contributed by atoms with Crippen LogP contribution in [0, 0.1) is 17.5 Å². The fourth-order valence-electron chi connectivity index (χ4n) is 3.01. The molecule has 3 rings (SSSR count). The van der Waals surface area contributed by atoms with Crippen molar-refractivity contribution in [3.8, 4) is 16.9 Å². The SMILES string of the molecule is C[C@@H](NC(=O)NNC(=O)c1cncc(F)c1)c1ncc(-c2cc(Cl)cc(F)c2OCC(F)F)cc1F. The summed E-state index contributed by atoms with van der Waals surface area (Å²) in [7, 11) is 0. The van der Waals surface area contributed by atoms with Gasteiger partial charge in [-0.3, -0.25) is 20.2 Å². The molecule has 0 spiro atoms. The number of hydrogen-bond donors (Lipinski definition) is 3. The van der Waals surface area contributed by atoms with Crippen LogP contribution in [-0.4, -0.2) is 34.9 Å². The van der Waals surface area contributed by atoms with Crippen molar-refractivity contribution in [3.05, 3.63) is 76.6 Å². The minimum Gasteiger partial charge on any atom is -0.484 e. The number of amides is 3. The Hall–Kier alpha value is -4.00. The number of nitrogens with zero attached hydrogens (tertiary/aromatic N) is 2. The molecule has 8 nitrogen and oxygen atoms in total. The third kappa shape index (κ3) is 6.78. The molecule has 3 N–H and O–H groups in total. The lowest BCUT2D eigenvalue weighted by Gasteiger charge is -2.17. The Morgan fingerprint density at radius 3 is 2.44 bits per heavy atom. The number of ether oxygens (including phenoxy) is 1. The molecule has 190 valence electrons. The van der Waals surface area contributed by atoms with Gasteiger partial charge >= 0.3 is 6.03 Å². The van der Waals surface area contributed by atoms with Gasteiger partial charge in [-0.15, -0.1) is 0 Å². The van der Waals surface area contributed by atoms with Gasteiger partial charge in [-0.05, 0) is 31.2 Å². The van der Waals surface area contributed by atoms with Crippen molar-refractivity contribution in [2.45, 2.75) is 19.4 Å². The van der Waals surface area contributed by atoms with E-state index in [-0.39, 0.29) is 27.4 Å². The van der Waals surface area contributed by atoms with Crippen LogP contribution in [0.4, 0.5) is 26.7 Å². The number of alkyl halides is 2. The number of rotatable bonds is 7. The van der Waals surface area contributed by atoms with Crippen LogP contribution in [0.3, 0.4) is 0 Å². The van der Waals surface area contributed by atoms with E-state index in [1.807, 2.05) is 10.9 Å². The Morgan fingerprint density at radius 2 is 1.78 bits per heavy atom. The van der Waals surface area contributed by atoms with E-state index in [2.05, 4.69) is 15.3 Å². The number of carbonyl (C=O) groups excluding carboxylic acids is 2. The summed E-state index contributed by atoms with van der Waals surface area (Å²) in [6, 6.07) is 1.95. The van der Waals surface area contributed by atoms with E-state index >= 15 is 0 Å². The number of pyridine rings is 2. The maximum Gasteiger partial charge on any atom is 0.334 e. The van der Waals surface area contributed by atoms with E-state index in [1.165, 1.54) is 13.0 Å². The summed E-state index contributed by atoms with van der Waals surface area (Å²) >= 11 is 5.85. The molecule has 0 unspecified atom stereocenters. The first kappa shape index (κ1) is 26.6. The molecule has 0 fully saturated rings. The molecule has 2 aromatic heterocycles. The van der Waals surface area contributed by atoms with E-state index in [9.17, 15) is 31.5 Å². The molecule has 36 heavy (non-hydrogen) atoms. The fourth-order valence-corrected chi connectivity index (χ4v) is 3.21. The van der Waals surface area contributed by atoms with Gasteiger partial charge in [-0.25, -0.2) is 32.2 Å². The molecule has 2 heterocycles. The van der Waals surface area contributed by atoms with Gasteiger partial charge in [-0.2, -0.15) is 0 Å². The van der Waals surface area contributed by atoms with E-state index in [1.54, 1.807) is 0 Å². The molecule has 3 amide bonds. The second-order valence-electron chi connectivity index (χ2n) is 7.22. The van der Waals surface area contributed by atoms with Gasteiger partial charge in [0.05, 0.1) is 23.5 Å². The number of benzene rings is 1.